The first-order chi connectivity index (χ1) is 17.7. The smallest absolute Gasteiger partial charge is 0.227 e. The second-order valence-electron chi connectivity index (χ2n) is 9.39. The quantitative estimate of drug-likeness (QED) is 0.326. The molecule has 1 saturated heterocycles. The number of piperidine rings is 1. The summed E-state index contributed by atoms with van der Waals surface area (Å²) in [5.74, 6) is 0.644. The van der Waals surface area contributed by atoms with Crippen LogP contribution in [0.3, 0.4) is 0 Å². The van der Waals surface area contributed by atoms with Crippen molar-refractivity contribution < 1.29 is 9.18 Å². The highest BCUT2D eigenvalue weighted by molar-refractivity contribution is 6.02. The van der Waals surface area contributed by atoms with Gasteiger partial charge in [-0.2, -0.15) is 0 Å². The number of fused-ring (bicyclic) bond motifs is 2. The molecule has 180 valence electrons. The summed E-state index contributed by atoms with van der Waals surface area (Å²) >= 11 is 0. The minimum absolute atomic E-state index is 0.0544. The van der Waals surface area contributed by atoms with Crippen molar-refractivity contribution in [3.63, 3.8) is 0 Å². The van der Waals surface area contributed by atoms with Gasteiger partial charge < -0.3 is 14.8 Å². The van der Waals surface area contributed by atoms with Crippen molar-refractivity contribution in [2.75, 3.05) is 23.3 Å². The van der Waals surface area contributed by atoms with E-state index < -0.39 is 0 Å². The van der Waals surface area contributed by atoms with Crippen LogP contribution >= 0.6 is 0 Å². The number of carbonyl (C=O) groups is 1. The predicted octanol–water partition coefficient (Wildman–Crippen LogP) is 6.23. The number of nitrogens with zero attached hydrogens (tertiary/aromatic N) is 3. The summed E-state index contributed by atoms with van der Waals surface area (Å²) < 4.78 is 16.0. The van der Waals surface area contributed by atoms with E-state index in [0.29, 0.717) is 6.54 Å². The van der Waals surface area contributed by atoms with E-state index in [2.05, 4.69) is 33.0 Å². The van der Waals surface area contributed by atoms with Crippen molar-refractivity contribution >= 4 is 39.3 Å². The fraction of sp³-hybridized carbons (Fsp3) is 0.200. The third-order valence-electron chi connectivity index (χ3n) is 7.06. The van der Waals surface area contributed by atoms with Crippen LogP contribution in [0.5, 0.6) is 0 Å². The van der Waals surface area contributed by atoms with Crippen molar-refractivity contribution in [1.82, 2.24) is 9.55 Å². The van der Waals surface area contributed by atoms with E-state index in [4.69, 9.17) is 4.98 Å². The lowest BCUT2D eigenvalue weighted by Gasteiger charge is -2.32. The number of para-hydroxylation sites is 2. The van der Waals surface area contributed by atoms with E-state index in [1.165, 1.54) is 6.07 Å². The van der Waals surface area contributed by atoms with Crippen LogP contribution in [-0.4, -0.2) is 28.5 Å². The Balaban J connectivity index is 1.20. The minimum Gasteiger partial charge on any atom is -0.342 e. The Morgan fingerprint density at radius 3 is 2.53 bits per heavy atom. The standard InChI is InChI=1S/C30H27FN4O/c31-24-10-5-7-21(19-24)20-35-28-14-4-3-12-27(28)33-30(35)34-17-15-23(16-18-34)29(36)32-26-13-6-9-22-8-1-2-11-25(22)26/h1-14,19,23H,15-18,20H2,(H,32,36). The van der Waals surface area contributed by atoms with Gasteiger partial charge in [0.25, 0.3) is 0 Å². The zero-order valence-corrected chi connectivity index (χ0v) is 19.9. The molecule has 4 aromatic carbocycles. The summed E-state index contributed by atoms with van der Waals surface area (Å²) in [6.07, 6.45) is 1.50. The Morgan fingerprint density at radius 2 is 1.67 bits per heavy atom. The highest BCUT2D eigenvalue weighted by Gasteiger charge is 2.28. The summed E-state index contributed by atoms with van der Waals surface area (Å²) in [6.45, 7) is 2.01. The zero-order valence-electron chi connectivity index (χ0n) is 19.9. The number of halogens is 1. The van der Waals surface area contributed by atoms with Gasteiger partial charge in [0.2, 0.25) is 11.9 Å². The minimum atomic E-state index is -0.239. The molecule has 1 aromatic heterocycles. The van der Waals surface area contributed by atoms with Crippen LogP contribution in [0, 0.1) is 11.7 Å². The lowest BCUT2D eigenvalue weighted by Crippen LogP contribution is -2.39. The van der Waals surface area contributed by atoms with Crippen molar-refractivity contribution in [3.8, 4) is 0 Å². The second kappa shape index (κ2) is 9.46. The van der Waals surface area contributed by atoms with Crippen molar-refractivity contribution in [1.29, 1.82) is 0 Å². The number of nitrogens with one attached hydrogen (secondary N) is 1. The Labute approximate surface area is 209 Å². The topological polar surface area (TPSA) is 50.2 Å². The van der Waals surface area contributed by atoms with Gasteiger partial charge >= 0.3 is 0 Å². The van der Waals surface area contributed by atoms with Crippen LogP contribution in [0.15, 0.2) is 91.0 Å². The van der Waals surface area contributed by atoms with Crippen LogP contribution in [0.1, 0.15) is 18.4 Å². The fourth-order valence-electron chi connectivity index (χ4n) is 5.19. The molecule has 5 aromatic rings. The van der Waals surface area contributed by atoms with Crippen LogP contribution in [0.4, 0.5) is 16.0 Å². The highest BCUT2D eigenvalue weighted by atomic mass is 19.1. The molecular formula is C30H27FN4O. The third-order valence-corrected chi connectivity index (χ3v) is 7.06. The largest absolute Gasteiger partial charge is 0.342 e. The van der Waals surface area contributed by atoms with E-state index in [-0.39, 0.29) is 17.6 Å². The third kappa shape index (κ3) is 4.31. The van der Waals surface area contributed by atoms with Crippen molar-refractivity contribution in [2.24, 2.45) is 5.92 Å². The number of benzene rings is 4. The summed E-state index contributed by atoms with van der Waals surface area (Å²) in [7, 11) is 0. The Hall–Kier alpha value is -4.19. The molecule has 0 bridgehead atoms. The van der Waals surface area contributed by atoms with Gasteiger partial charge in [-0.3, -0.25) is 4.79 Å². The van der Waals surface area contributed by atoms with Crippen LogP contribution in [0.25, 0.3) is 21.8 Å². The Bertz CT molecular complexity index is 1550. The van der Waals surface area contributed by atoms with Crippen LogP contribution in [0.2, 0.25) is 0 Å². The van der Waals surface area contributed by atoms with Gasteiger partial charge in [0.05, 0.1) is 17.6 Å². The first kappa shape index (κ1) is 22.3. The molecule has 1 aliphatic heterocycles. The van der Waals surface area contributed by atoms with Gasteiger partial charge in [-0.1, -0.05) is 60.7 Å². The Morgan fingerprint density at radius 1 is 0.917 bits per heavy atom. The molecule has 5 nitrogen and oxygen atoms in total. The molecule has 0 unspecified atom stereocenters. The number of imidazole rings is 1. The van der Waals surface area contributed by atoms with E-state index in [9.17, 15) is 9.18 Å². The van der Waals surface area contributed by atoms with Gasteiger partial charge in [0.1, 0.15) is 5.82 Å². The van der Waals surface area contributed by atoms with Gasteiger partial charge in [-0.05, 0) is 54.1 Å². The number of hydrogen-bond acceptors (Lipinski definition) is 3. The van der Waals surface area contributed by atoms with E-state index in [0.717, 1.165) is 64.9 Å². The molecule has 1 fully saturated rings. The normalized spacial score (nSPS) is 14.4. The first-order valence-electron chi connectivity index (χ1n) is 12.4. The molecular weight excluding hydrogens is 451 g/mol. The molecule has 0 spiro atoms. The first-order valence-corrected chi connectivity index (χ1v) is 12.4. The molecule has 0 aliphatic carbocycles. The molecule has 6 rings (SSSR count). The zero-order chi connectivity index (χ0) is 24.5. The number of hydrogen-bond donors (Lipinski definition) is 1. The number of carbonyl (C=O) groups excluding carboxylic acids is 1. The molecule has 0 atom stereocenters. The van der Waals surface area contributed by atoms with Crippen LogP contribution < -0.4 is 10.2 Å². The predicted molar refractivity (Wildman–Crippen MR) is 143 cm³/mol. The van der Waals surface area contributed by atoms with Crippen molar-refractivity contribution in [2.45, 2.75) is 19.4 Å². The highest BCUT2D eigenvalue weighted by Crippen LogP contribution is 2.29. The molecule has 1 aliphatic rings. The second-order valence-corrected chi connectivity index (χ2v) is 9.39. The van der Waals surface area contributed by atoms with Gasteiger partial charge in [-0.15, -0.1) is 0 Å². The average molecular weight is 479 g/mol. The number of aromatic nitrogens is 2. The molecule has 0 radical (unpaired) electrons. The van der Waals surface area contributed by atoms with Crippen molar-refractivity contribution in [3.05, 3.63) is 102 Å². The molecule has 1 amide bonds. The molecule has 6 heteroatoms. The lowest BCUT2D eigenvalue weighted by molar-refractivity contribution is -0.120. The number of rotatable bonds is 5. The SMILES string of the molecule is O=C(Nc1cccc2ccccc12)C1CCN(c2nc3ccccc3n2Cc2cccc(F)c2)CC1. The monoisotopic (exact) mass is 478 g/mol. The van der Waals surface area contributed by atoms with Crippen LogP contribution in [-0.2, 0) is 11.3 Å². The number of amides is 1. The number of anilines is 2. The maximum absolute atomic E-state index is 13.9. The summed E-state index contributed by atoms with van der Waals surface area (Å²) in [6, 6.07) is 28.8. The van der Waals surface area contributed by atoms with Gasteiger partial charge in [-0.25, -0.2) is 9.37 Å². The summed E-state index contributed by atoms with van der Waals surface area (Å²) in [4.78, 5) is 20.3. The van der Waals surface area contributed by atoms with E-state index in [1.54, 1.807) is 12.1 Å². The summed E-state index contributed by atoms with van der Waals surface area (Å²) in [5, 5.41) is 5.33. The average Bonchev–Trinajstić information content (AvgIpc) is 3.27. The maximum Gasteiger partial charge on any atom is 0.227 e. The summed E-state index contributed by atoms with van der Waals surface area (Å²) in [5.41, 5.74) is 3.69. The van der Waals surface area contributed by atoms with E-state index >= 15 is 0 Å². The lowest BCUT2D eigenvalue weighted by atomic mass is 9.95. The molecule has 2 heterocycles. The van der Waals surface area contributed by atoms with Gasteiger partial charge in [0.15, 0.2) is 0 Å². The van der Waals surface area contributed by atoms with Gasteiger partial charge in [0, 0.05) is 30.1 Å². The molecule has 0 saturated carbocycles. The maximum atomic E-state index is 13.9. The fourth-order valence-corrected chi connectivity index (χ4v) is 5.19. The molecule has 1 N–H and O–H groups in total. The van der Waals surface area contributed by atoms with E-state index in [1.807, 2.05) is 54.6 Å². The molecule has 36 heavy (non-hydrogen) atoms. The Kier molecular flexibility index (Phi) is 5.85.